The van der Waals surface area contributed by atoms with Crippen LogP contribution in [0.4, 0.5) is 0 Å². The molecule has 2 radical (unpaired) electrons. The lowest BCUT2D eigenvalue weighted by Gasteiger charge is -2.36. The van der Waals surface area contributed by atoms with Crippen molar-refractivity contribution in [2.45, 2.75) is 57.4 Å². The van der Waals surface area contributed by atoms with E-state index in [0.717, 1.165) is 12.7 Å². The smallest absolute Gasteiger partial charge is 0.0660 e. The summed E-state index contributed by atoms with van der Waals surface area (Å²) in [6.45, 7) is 0. The van der Waals surface area contributed by atoms with Gasteiger partial charge in [0.15, 0.2) is 0 Å². The number of rotatable bonds is 2. The highest BCUT2D eigenvalue weighted by molar-refractivity contribution is 6.09. The molecule has 0 aromatic rings. The van der Waals surface area contributed by atoms with E-state index in [1.165, 1.54) is 38.5 Å². The van der Waals surface area contributed by atoms with Crippen LogP contribution < -0.4 is 0 Å². The average molecular weight is 178 g/mol. The third kappa shape index (κ3) is 1.54. The molecule has 2 aliphatic rings. The fraction of sp³-hybridized carbons (Fsp3) is 1.00. The van der Waals surface area contributed by atoms with Gasteiger partial charge in [0.25, 0.3) is 0 Å². The standard InChI is InChI=1S/C11H19BO/c12-8-11(6-1-2-7-11)9-4-3-5-10(9)13/h9-10,13H,1-8H2. The highest BCUT2D eigenvalue weighted by Crippen LogP contribution is 2.52. The molecular formula is C11H19BO. The summed E-state index contributed by atoms with van der Waals surface area (Å²) >= 11 is 0. The molecule has 1 nitrogen and oxygen atoms in total. The molecular weight excluding hydrogens is 159 g/mol. The van der Waals surface area contributed by atoms with Crippen molar-refractivity contribution in [2.24, 2.45) is 11.3 Å². The first-order valence-electron chi connectivity index (χ1n) is 5.67. The summed E-state index contributed by atoms with van der Waals surface area (Å²) < 4.78 is 0. The lowest BCUT2D eigenvalue weighted by atomic mass is 9.65. The summed E-state index contributed by atoms with van der Waals surface area (Å²) in [5.74, 6) is 0.514. The van der Waals surface area contributed by atoms with Crippen LogP contribution in [-0.2, 0) is 0 Å². The second kappa shape index (κ2) is 3.64. The van der Waals surface area contributed by atoms with Crippen molar-refractivity contribution < 1.29 is 5.11 Å². The van der Waals surface area contributed by atoms with Crippen molar-refractivity contribution in [3.05, 3.63) is 0 Å². The minimum atomic E-state index is -0.0540. The largest absolute Gasteiger partial charge is 0.393 e. The van der Waals surface area contributed by atoms with Gasteiger partial charge in [-0.15, -0.1) is 0 Å². The molecule has 2 saturated carbocycles. The summed E-state index contributed by atoms with van der Waals surface area (Å²) in [7, 11) is 5.90. The molecule has 0 bridgehead atoms. The molecule has 2 fully saturated rings. The van der Waals surface area contributed by atoms with E-state index in [2.05, 4.69) is 0 Å². The summed E-state index contributed by atoms with van der Waals surface area (Å²) in [6, 6.07) is 0. The van der Waals surface area contributed by atoms with E-state index >= 15 is 0 Å². The van der Waals surface area contributed by atoms with Gasteiger partial charge in [0.1, 0.15) is 0 Å². The van der Waals surface area contributed by atoms with Crippen LogP contribution in [0.5, 0.6) is 0 Å². The van der Waals surface area contributed by atoms with Crippen LogP contribution in [0.3, 0.4) is 0 Å². The first kappa shape index (κ1) is 9.58. The maximum atomic E-state index is 9.89. The molecule has 2 unspecified atom stereocenters. The Bertz CT molecular complexity index is 175. The second-order valence-electron chi connectivity index (χ2n) is 4.88. The molecule has 0 amide bonds. The van der Waals surface area contributed by atoms with E-state index < -0.39 is 0 Å². The van der Waals surface area contributed by atoms with Gasteiger partial charge in [-0.2, -0.15) is 0 Å². The molecule has 72 valence electrons. The quantitative estimate of drug-likeness (QED) is 0.643. The minimum absolute atomic E-state index is 0.0540. The van der Waals surface area contributed by atoms with Crippen molar-refractivity contribution in [1.29, 1.82) is 0 Å². The van der Waals surface area contributed by atoms with Gasteiger partial charge in [-0.05, 0) is 37.0 Å². The van der Waals surface area contributed by atoms with E-state index in [1.54, 1.807) is 0 Å². The van der Waals surface area contributed by atoms with E-state index in [9.17, 15) is 5.11 Å². The molecule has 2 rings (SSSR count). The monoisotopic (exact) mass is 178 g/mol. The van der Waals surface area contributed by atoms with E-state index in [0.29, 0.717) is 11.3 Å². The number of hydrogen-bond acceptors (Lipinski definition) is 1. The number of aliphatic hydroxyl groups excluding tert-OH is 1. The van der Waals surface area contributed by atoms with Crippen molar-refractivity contribution in [3.8, 4) is 0 Å². The molecule has 0 aromatic heterocycles. The Labute approximate surface area is 82.3 Å². The fourth-order valence-corrected chi connectivity index (χ4v) is 3.46. The molecule has 2 atom stereocenters. The Morgan fingerprint density at radius 2 is 1.85 bits per heavy atom. The Morgan fingerprint density at radius 3 is 2.31 bits per heavy atom. The van der Waals surface area contributed by atoms with Crippen LogP contribution >= 0.6 is 0 Å². The van der Waals surface area contributed by atoms with Crippen LogP contribution in [0.2, 0.25) is 6.32 Å². The third-order valence-electron chi connectivity index (χ3n) is 4.27. The van der Waals surface area contributed by atoms with Crippen molar-refractivity contribution in [2.75, 3.05) is 0 Å². The first-order valence-corrected chi connectivity index (χ1v) is 5.67. The van der Waals surface area contributed by atoms with Crippen LogP contribution in [0.15, 0.2) is 0 Å². The van der Waals surface area contributed by atoms with Gasteiger partial charge >= 0.3 is 0 Å². The Kier molecular flexibility index (Phi) is 2.68. The van der Waals surface area contributed by atoms with Crippen molar-refractivity contribution in [3.63, 3.8) is 0 Å². The summed E-state index contributed by atoms with van der Waals surface area (Å²) in [5.41, 5.74) is 0.315. The molecule has 0 aliphatic heterocycles. The zero-order valence-corrected chi connectivity index (χ0v) is 8.34. The summed E-state index contributed by atoms with van der Waals surface area (Å²) in [6.07, 6.45) is 9.30. The van der Waals surface area contributed by atoms with Gasteiger partial charge in [0.05, 0.1) is 14.0 Å². The van der Waals surface area contributed by atoms with Gasteiger partial charge < -0.3 is 5.11 Å². The van der Waals surface area contributed by atoms with Gasteiger partial charge in [-0.25, -0.2) is 0 Å². The topological polar surface area (TPSA) is 20.2 Å². The maximum absolute atomic E-state index is 9.89. The summed E-state index contributed by atoms with van der Waals surface area (Å²) in [5, 5.41) is 9.89. The van der Waals surface area contributed by atoms with E-state index in [4.69, 9.17) is 7.85 Å². The average Bonchev–Trinajstić information content (AvgIpc) is 2.73. The van der Waals surface area contributed by atoms with Crippen LogP contribution in [-0.4, -0.2) is 19.1 Å². The first-order chi connectivity index (χ1) is 6.28. The second-order valence-corrected chi connectivity index (χ2v) is 4.88. The minimum Gasteiger partial charge on any atom is -0.393 e. The number of hydrogen-bond donors (Lipinski definition) is 1. The molecule has 0 heterocycles. The van der Waals surface area contributed by atoms with E-state index in [1.807, 2.05) is 0 Å². The lowest BCUT2D eigenvalue weighted by molar-refractivity contribution is 0.0524. The zero-order valence-electron chi connectivity index (χ0n) is 8.34. The molecule has 1 N–H and O–H groups in total. The highest BCUT2D eigenvalue weighted by atomic mass is 16.3. The lowest BCUT2D eigenvalue weighted by Crippen LogP contribution is -2.32. The van der Waals surface area contributed by atoms with E-state index in [-0.39, 0.29) is 6.10 Å². The molecule has 0 aromatic carbocycles. The Morgan fingerprint density at radius 1 is 1.15 bits per heavy atom. The Balaban J connectivity index is 2.10. The zero-order chi connectivity index (χ0) is 9.31. The van der Waals surface area contributed by atoms with Crippen molar-refractivity contribution in [1.82, 2.24) is 0 Å². The molecule has 2 aliphatic carbocycles. The predicted molar refractivity (Wildman–Crippen MR) is 54.8 cm³/mol. The van der Waals surface area contributed by atoms with Gasteiger partial charge in [-0.1, -0.05) is 25.6 Å². The van der Waals surface area contributed by atoms with Crippen LogP contribution in [0, 0.1) is 11.3 Å². The van der Waals surface area contributed by atoms with Gasteiger partial charge in [0, 0.05) is 0 Å². The SMILES string of the molecule is [B]CC1(C2CCCC2O)CCCC1. The third-order valence-corrected chi connectivity index (χ3v) is 4.27. The molecule has 0 saturated heterocycles. The molecule has 2 heteroatoms. The van der Waals surface area contributed by atoms with Crippen molar-refractivity contribution >= 4 is 7.85 Å². The normalized spacial score (nSPS) is 38.2. The predicted octanol–water partition coefficient (Wildman–Crippen LogP) is 2.29. The van der Waals surface area contributed by atoms with Gasteiger partial charge in [0.2, 0.25) is 0 Å². The fourth-order valence-electron chi connectivity index (χ4n) is 3.46. The highest BCUT2D eigenvalue weighted by Gasteiger charge is 2.44. The molecule has 13 heavy (non-hydrogen) atoms. The Hall–Kier alpha value is 0.0249. The summed E-state index contributed by atoms with van der Waals surface area (Å²) in [4.78, 5) is 0. The maximum Gasteiger partial charge on any atom is 0.0660 e. The van der Waals surface area contributed by atoms with Crippen LogP contribution in [0.1, 0.15) is 44.9 Å². The van der Waals surface area contributed by atoms with Crippen LogP contribution in [0.25, 0.3) is 0 Å². The van der Waals surface area contributed by atoms with Gasteiger partial charge in [-0.3, -0.25) is 0 Å². The molecule has 0 spiro atoms. The number of aliphatic hydroxyl groups is 1.